The Hall–Kier alpha value is -1.91. The Kier molecular flexibility index (Phi) is 4.94. The number of nitrogens with one attached hydrogen (secondary N) is 1. The first-order chi connectivity index (χ1) is 11.2. The Balaban J connectivity index is 1.76. The first-order valence-corrected chi connectivity index (χ1v) is 8.29. The Labute approximate surface area is 137 Å². The summed E-state index contributed by atoms with van der Waals surface area (Å²) >= 11 is 0. The van der Waals surface area contributed by atoms with Crippen molar-refractivity contribution in [3.05, 3.63) is 11.9 Å². The normalized spacial score (nSPS) is 23.5. The molecule has 1 N–H and O–H groups in total. The van der Waals surface area contributed by atoms with Crippen LogP contribution in [0, 0.1) is 11.3 Å². The smallest absolute Gasteiger partial charge is 0.237 e. The van der Waals surface area contributed by atoms with Crippen molar-refractivity contribution in [1.82, 2.24) is 20.2 Å². The van der Waals surface area contributed by atoms with Crippen molar-refractivity contribution in [2.75, 3.05) is 44.7 Å². The first kappa shape index (κ1) is 16.0. The van der Waals surface area contributed by atoms with E-state index in [1.54, 1.807) is 0 Å². The van der Waals surface area contributed by atoms with Gasteiger partial charge in [0.05, 0.1) is 0 Å². The fraction of sp³-hybridized carbons (Fsp3) is 0.688. The number of hydrogen-bond acceptors (Lipinski definition) is 7. The molecule has 7 nitrogen and oxygen atoms in total. The lowest BCUT2D eigenvalue weighted by Crippen LogP contribution is -2.44. The van der Waals surface area contributed by atoms with Crippen molar-refractivity contribution in [3.8, 4) is 11.9 Å². The lowest BCUT2D eigenvalue weighted by Gasteiger charge is -2.29. The van der Waals surface area contributed by atoms with E-state index >= 15 is 0 Å². The number of likely N-dealkylation sites (N-methyl/N-ethyl adjacent to an activating group) is 1. The minimum absolute atomic E-state index is 0.0415. The predicted octanol–water partition coefficient (Wildman–Crippen LogP) is 0.619. The van der Waals surface area contributed by atoms with E-state index in [1.165, 1.54) is 6.42 Å². The third-order valence-corrected chi connectivity index (χ3v) is 4.66. The molecule has 23 heavy (non-hydrogen) atoms. The summed E-state index contributed by atoms with van der Waals surface area (Å²) in [6.07, 6.45) is 2.38. The number of anilines is 1. The van der Waals surface area contributed by atoms with Gasteiger partial charge in [0, 0.05) is 38.3 Å². The van der Waals surface area contributed by atoms with Gasteiger partial charge >= 0.3 is 0 Å². The molecule has 0 saturated carbocycles. The van der Waals surface area contributed by atoms with Crippen LogP contribution in [0.1, 0.15) is 25.6 Å². The van der Waals surface area contributed by atoms with Crippen molar-refractivity contribution < 1.29 is 4.74 Å². The van der Waals surface area contributed by atoms with Gasteiger partial charge in [-0.05, 0) is 33.4 Å². The zero-order chi connectivity index (χ0) is 16.2. The molecule has 2 atom stereocenters. The number of nitrogens with zero attached hydrogens (tertiary/aromatic N) is 5. The summed E-state index contributed by atoms with van der Waals surface area (Å²) in [5.74, 6) is 1.45. The van der Waals surface area contributed by atoms with E-state index in [2.05, 4.69) is 39.1 Å². The van der Waals surface area contributed by atoms with Gasteiger partial charge in [-0.2, -0.15) is 10.2 Å². The number of ether oxygens (including phenoxy) is 1. The highest BCUT2D eigenvalue weighted by Gasteiger charge is 2.28. The Morgan fingerprint density at radius 3 is 2.78 bits per heavy atom. The van der Waals surface area contributed by atoms with Gasteiger partial charge in [-0.25, -0.2) is 4.98 Å². The van der Waals surface area contributed by atoms with Crippen molar-refractivity contribution in [3.63, 3.8) is 0 Å². The molecule has 1 aromatic heterocycles. The molecule has 3 heterocycles. The van der Waals surface area contributed by atoms with E-state index in [1.807, 2.05) is 12.1 Å². The summed E-state index contributed by atoms with van der Waals surface area (Å²) in [5.41, 5.74) is 0. The van der Waals surface area contributed by atoms with Crippen LogP contribution in [0.3, 0.4) is 0 Å². The maximum Gasteiger partial charge on any atom is 0.237 e. The predicted molar refractivity (Wildman–Crippen MR) is 87.6 cm³/mol. The Morgan fingerprint density at radius 2 is 2.13 bits per heavy atom. The van der Waals surface area contributed by atoms with Gasteiger partial charge < -0.3 is 15.0 Å². The summed E-state index contributed by atoms with van der Waals surface area (Å²) in [5, 5.41) is 12.5. The quantitative estimate of drug-likeness (QED) is 0.872. The van der Waals surface area contributed by atoms with Crippen LogP contribution >= 0.6 is 0 Å². The van der Waals surface area contributed by atoms with E-state index in [0.717, 1.165) is 45.0 Å². The van der Waals surface area contributed by atoms with Gasteiger partial charge in [-0.1, -0.05) is 0 Å². The molecule has 2 aliphatic heterocycles. The van der Waals surface area contributed by atoms with Crippen LogP contribution in [-0.4, -0.2) is 66.8 Å². The topological polar surface area (TPSA) is 77.3 Å². The molecule has 1 aromatic rings. The third kappa shape index (κ3) is 3.71. The minimum Gasteiger partial charge on any atom is -0.473 e. The van der Waals surface area contributed by atoms with Gasteiger partial charge in [-0.15, -0.1) is 0 Å². The molecule has 2 fully saturated rings. The lowest BCUT2D eigenvalue weighted by atomic mass is 10.1. The van der Waals surface area contributed by atoms with E-state index in [0.29, 0.717) is 11.9 Å². The molecule has 0 unspecified atom stereocenters. The van der Waals surface area contributed by atoms with Crippen molar-refractivity contribution in [2.24, 2.45) is 0 Å². The summed E-state index contributed by atoms with van der Waals surface area (Å²) in [4.78, 5) is 13.1. The number of rotatable bonds is 4. The number of likely N-dealkylation sites (tertiary alicyclic amines) is 1. The van der Waals surface area contributed by atoms with Crippen LogP contribution in [0.15, 0.2) is 6.07 Å². The molecule has 0 radical (unpaired) electrons. The third-order valence-electron chi connectivity index (χ3n) is 4.66. The molecule has 124 valence electrons. The zero-order valence-electron chi connectivity index (χ0n) is 13.8. The summed E-state index contributed by atoms with van der Waals surface area (Å²) in [6, 6.07) is 4.30. The van der Waals surface area contributed by atoms with Gasteiger partial charge in [0.25, 0.3) is 0 Å². The fourth-order valence-corrected chi connectivity index (χ4v) is 3.38. The minimum atomic E-state index is 0.0415. The fourth-order valence-electron chi connectivity index (χ4n) is 3.38. The second kappa shape index (κ2) is 7.11. The van der Waals surface area contributed by atoms with Crippen molar-refractivity contribution in [2.45, 2.75) is 31.9 Å². The second-order valence-corrected chi connectivity index (χ2v) is 6.25. The standard InChI is InChI=1S/C16H24N6O/c1-12(13-4-3-7-21(13)2)23-16-10-15(19-14(11-17)20-16)22-8-5-18-6-9-22/h10,12-13,18H,3-9H2,1-2H3/t12-,13-/m0/s1. The van der Waals surface area contributed by atoms with Gasteiger partial charge in [0.1, 0.15) is 18.0 Å². The zero-order valence-corrected chi connectivity index (χ0v) is 13.8. The molecular weight excluding hydrogens is 292 g/mol. The van der Waals surface area contributed by atoms with Crippen LogP contribution in [0.25, 0.3) is 0 Å². The monoisotopic (exact) mass is 316 g/mol. The largest absolute Gasteiger partial charge is 0.473 e. The second-order valence-electron chi connectivity index (χ2n) is 6.25. The average molecular weight is 316 g/mol. The van der Waals surface area contributed by atoms with Gasteiger partial charge in [0.2, 0.25) is 11.7 Å². The number of piperazine rings is 1. The molecular formula is C16H24N6O. The Bertz CT molecular complexity index is 580. The average Bonchev–Trinajstić information content (AvgIpc) is 3.01. The number of aromatic nitrogens is 2. The maximum absolute atomic E-state index is 9.20. The maximum atomic E-state index is 9.20. The summed E-state index contributed by atoms with van der Waals surface area (Å²) in [7, 11) is 2.13. The van der Waals surface area contributed by atoms with Gasteiger partial charge in [0.15, 0.2) is 0 Å². The van der Waals surface area contributed by atoms with E-state index < -0.39 is 0 Å². The number of nitriles is 1. The number of hydrogen-bond donors (Lipinski definition) is 1. The van der Waals surface area contributed by atoms with Crippen molar-refractivity contribution >= 4 is 5.82 Å². The lowest BCUT2D eigenvalue weighted by molar-refractivity contribution is 0.117. The van der Waals surface area contributed by atoms with Crippen molar-refractivity contribution in [1.29, 1.82) is 5.26 Å². The molecule has 0 bridgehead atoms. The summed E-state index contributed by atoms with van der Waals surface area (Å²) in [6.45, 7) is 6.78. The first-order valence-electron chi connectivity index (χ1n) is 8.29. The highest BCUT2D eigenvalue weighted by Crippen LogP contribution is 2.23. The molecule has 7 heteroatoms. The summed E-state index contributed by atoms with van der Waals surface area (Å²) < 4.78 is 6.06. The van der Waals surface area contributed by atoms with Crippen LogP contribution < -0.4 is 15.0 Å². The van der Waals surface area contributed by atoms with E-state index in [9.17, 15) is 5.26 Å². The molecule has 3 rings (SSSR count). The van der Waals surface area contributed by atoms with E-state index in [-0.39, 0.29) is 11.9 Å². The molecule has 2 aliphatic rings. The molecule has 0 aromatic carbocycles. The van der Waals surface area contributed by atoms with Gasteiger partial charge in [-0.3, -0.25) is 4.90 Å². The Morgan fingerprint density at radius 1 is 1.35 bits per heavy atom. The van der Waals surface area contributed by atoms with Crippen LogP contribution in [0.5, 0.6) is 5.88 Å². The van der Waals surface area contributed by atoms with E-state index in [4.69, 9.17) is 4.74 Å². The van der Waals surface area contributed by atoms with Crippen LogP contribution in [0.4, 0.5) is 5.82 Å². The molecule has 2 saturated heterocycles. The van der Waals surface area contributed by atoms with Crippen LogP contribution in [-0.2, 0) is 0 Å². The molecule has 0 aliphatic carbocycles. The highest BCUT2D eigenvalue weighted by molar-refractivity contribution is 5.44. The molecule has 0 amide bonds. The highest BCUT2D eigenvalue weighted by atomic mass is 16.5. The SMILES string of the molecule is C[C@H](Oc1cc(N2CCNCC2)nc(C#N)n1)[C@@H]1CCCN1C. The van der Waals surface area contributed by atoms with Crippen LogP contribution in [0.2, 0.25) is 0 Å². The molecule has 0 spiro atoms.